The Bertz CT molecular complexity index is 230. The van der Waals surface area contributed by atoms with Crippen LogP contribution in [0.1, 0.15) is 22.7 Å². The van der Waals surface area contributed by atoms with Crippen LogP contribution in [0, 0.1) is 6.92 Å². The zero-order valence-corrected chi connectivity index (χ0v) is 7.98. The normalized spacial score (nSPS) is 13.9. The van der Waals surface area contributed by atoms with Gasteiger partial charge in [-0.15, -0.1) is 11.3 Å². The van der Waals surface area contributed by atoms with E-state index in [1.165, 1.54) is 9.75 Å². The molecule has 0 aromatic carbocycles. The van der Waals surface area contributed by atoms with Crippen LogP contribution in [0.2, 0.25) is 0 Å². The van der Waals surface area contributed by atoms with Crippen molar-refractivity contribution in [2.24, 2.45) is 5.84 Å². The maximum Gasteiger partial charge on any atom is 0.0552 e. The van der Waals surface area contributed by atoms with Crippen LogP contribution < -0.4 is 5.84 Å². The molecule has 0 amide bonds. The largest absolute Gasteiger partial charge is 0.268 e. The molecule has 1 rings (SSSR count). The highest BCUT2D eigenvalue weighted by atomic mass is 32.1. The van der Waals surface area contributed by atoms with Gasteiger partial charge in [0.2, 0.25) is 0 Å². The van der Waals surface area contributed by atoms with Gasteiger partial charge in [0.05, 0.1) is 6.04 Å². The first-order chi connectivity index (χ1) is 5.11. The molecule has 11 heavy (non-hydrogen) atoms. The molecule has 3 heteroatoms. The fourth-order valence-corrected chi connectivity index (χ4v) is 1.86. The Balaban J connectivity index is 2.76. The van der Waals surface area contributed by atoms with Crippen molar-refractivity contribution in [1.82, 2.24) is 5.01 Å². The van der Waals surface area contributed by atoms with Crippen LogP contribution in [0.4, 0.5) is 0 Å². The van der Waals surface area contributed by atoms with Crippen LogP contribution in [0.3, 0.4) is 0 Å². The van der Waals surface area contributed by atoms with Crippen LogP contribution >= 0.6 is 11.3 Å². The molecule has 2 N–H and O–H groups in total. The van der Waals surface area contributed by atoms with Crippen molar-refractivity contribution < 1.29 is 0 Å². The highest BCUT2D eigenvalue weighted by Gasteiger charge is 2.09. The van der Waals surface area contributed by atoms with Crippen molar-refractivity contribution in [3.05, 3.63) is 21.9 Å². The van der Waals surface area contributed by atoms with Gasteiger partial charge in [-0.25, -0.2) is 5.01 Å². The lowest BCUT2D eigenvalue weighted by atomic mass is 10.3. The van der Waals surface area contributed by atoms with Crippen molar-refractivity contribution >= 4 is 11.3 Å². The second-order valence-electron chi connectivity index (χ2n) is 2.79. The third-order valence-electron chi connectivity index (χ3n) is 1.78. The molecule has 1 heterocycles. The maximum absolute atomic E-state index is 5.62. The van der Waals surface area contributed by atoms with Crippen LogP contribution in [0.15, 0.2) is 12.1 Å². The van der Waals surface area contributed by atoms with Crippen LogP contribution in [-0.4, -0.2) is 12.1 Å². The molecular weight excluding hydrogens is 156 g/mol. The first-order valence-electron chi connectivity index (χ1n) is 3.65. The molecule has 0 saturated heterocycles. The van der Waals surface area contributed by atoms with Crippen molar-refractivity contribution in [3.8, 4) is 0 Å². The highest BCUT2D eigenvalue weighted by molar-refractivity contribution is 7.12. The van der Waals surface area contributed by atoms with Gasteiger partial charge in [-0.2, -0.15) is 0 Å². The van der Waals surface area contributed by atoms with E-state index in [2.05, 4.69) is 26.0 Å². The molecule has 0 aliphatic rings. The molecule has 62 valence electrons. The lowest BCUT2D eigenvalue weighted by Crippen LogP contribution is -2.28. The summed E-state index contributed by atoms with van der Waals surface area (Å²) in [4.78, 5) is 2.67. The fraction of sp³-hybridized carbons (Fsp3) is 0.500. The number of aryl methyl sites for hydroxylation is 1. The summed E-state index contributed by atoms with van der Waals surface area (Å²) in [5, 5.41) is 1.73. The second-order valence-corrected chi connectivity index (χ2v) is 4.11. The minimum Gasteiger partial charge on any atom is -0.268 e. The molecule has 0 aliphatic heterocycles. The van der Waals surface area contributed by atoms with Gasteiger partial charge < -0.3 is 0 Å². The Hall–Kier alpha value is -0.380. The van der Waals surface area contributed by atoms with Gasteiger partial charge in [-0.05, 0) is 26.0 Å². The van der Waals surface area contributed by atoms with E-state index in [0.29, 0.717) is 6.04 Å². The molecule has 1 aromatic rings. The molecule has 2 nitrogen and oxygen atoms in total. The molecule has 1 unspecified atom stereocenters. The van der Waals surface area contributed by atoms with E-state index >= 15 is 0 Å². The van der Waals surface area contributed by atoms with E-state index in [1.54, 1.807) is 16.3 Å². The summed E-state index contributed by atoms with van der Waals surface area (Å²) >= 11 is 1.80. The smallest absolute Gasteiger partial charge is 0.0552 e. The monoisotopic (exact) mass is 170 g/mol. The average molecular weight is 170 g/mol. The van der Waals surface area contributed by atoms with Gasteiger partial charge in [0.1, 0.15) is 0 Å². The molecule has 1 atom stereocenters. The van der Waals surface area contributed by atoms with E-state index < -0.39 is 0 Å². The van der Waals surface area contributed by atoms with Gasteiger partial charge in [-0.1, -0.05) is 0 Å². The summed E-state index contributed by atoms with van der Waals surface area (Å²) in [5.41, 5.74) is 0. The molecule has 0 aliphatic carbocycles. The number of hydrogen-bond donors (Lipinski definition) is 1. The Morgan fingerprint density at radius 3 is 2.55 bits per heavy atom. The van der Waals surface area contributed by atoms with Gasteiger partial charge in [0, 0.05) is 16.8 Å². The molecule has 0 saturated carbocycles. The number of thiophene rings is 1. The highest BCUT2D eigenvalue weighted by Crippen LogP contribution is 2.24. The van der Waals surface area contributed by atoms with Crippen LogP contribution in [-0.2, 0) is 0 Å². The summed E-state index contributed by atoms with van der Waals surface area (Å²) in [6.07, 6.45) is 0. The number of rotatable bonds is 2. The van der Waals surface area contributed by atoms with Crippen LogP contribution in [0.25, 0.3) is 0 Å². The van der Waals surface area contributed by atoms with Gasteiger partial charge in [-0.3, -0.25) is 5.84 Å². The molecule has 0 radical (unpaired) electrons. The second kappa shape index (κ2) is 3.34. The Labute approximate surface area is 71.6 Å². The third kappa shape index (κ3) is 2.02. The quantitative estimate of drug-likeness (QED) is 0.543. The van der Waals surface area contributed by atoms with Gasteiger partial charge in [0.25, 0.3) is 0 Å². The molecule has 1 aromatic heterocycles. The number of hydrogen-bond acceptors (Lipinski definition) is 3. The molecule has 0 spiro atoms. The summed E-state index contributed by atoms with van der Waals surface area (Å²) in [6.45, 7) is 4.21. The number of nitrogens with two attached hydrogens (primary N) is 1. The van der Waals surface area contributed by atoms with Crippen molar-refractivity contribution in [1.29, 1.82) is 0 Å². The maximum atomic E-state index is 5.62. The Morgan fingerprint density at radius 1 is 1.55 bits per heavy atom. The van der Waals surface area contributed by atoms with Crippen molar-refractivity contribution in [3.63, 3.8) is 0 Å². The summed E-state index contributed by atoms with van der Waals surface area (Å²) < 4.78 is 0. The predicted octanol–water partition coefficient (Wildman–Crippen LogP) is 1.92. The van der Waals surface area contributed by atoms with E-state index in [-0.39, 0.29) is 0 Å². The van der Waals surface area contributed by atoms with E-state index in [0.717, 1.165) is 0 Å². The number of nitrogens with zero attached hydrogens (tertiary/aromatic N) is 1. The Kier molecular flexibility index (Phi) is 2.65. The zero-order chi connectivity index (χ0) is 8.43. The standard InChI is InChI=1S/C8H14N2S/c1-6-4-5-8(11-6)7(2)10(3)9/h4-5,7H,9H2,1-3H3. The van der Waals surface area contributed by atoms with Gasteiger partial charge >= 0.3 is 0 Å². The minimum absolute atomic E-state index is 0.327. The fourth-order valence-electron chi connectivity index (χ4n) is 0.879. The van der Waals surface area contributed by atoms with Crippen LogP contribution in [0.5, 0.6) is 0 Å². The predicted molar refractivity (Wildman–Crippen MR) is 49.4 cm³/mol. The zero-order valence-electron chi connectivity index (χ0n) is 7.16. The SMILES string of the molecule is Cc1ccc(C(C)N(C)N)s1. The van der Waals surface area contributed by atoms with E-state index in [1.807, 2.05) is 7.05 Å². The minimum atomic E-state index is 0.327. The number of hydrazine groups is 1. The first kappa shape index (κ1) is 8.71. The lowest BCUT2D eigenvalue weighted by Gasteiger charge is -2.17. The summed E-state index contributed by atoms with van der Waals surface area (Å²) in [6, 6.07) is 4.59. The van der Waals surface area contributed by atoms with E-state index in [9.17, 15) is 0 Å². The van der Waals surface area contributed by atoms with Crippen molar-refractivity contribution in [2.45, 2.75) is 19.9 Å². The summed E-state index contributed by atoms with van der Waals surface area (Å²) in [5.74, 6) is 5.62. The first-order valence-corrected chi connectivity index (χ1v) is 4.47. The molecule has 0 bridgehead atoms. The molecular formula is C8H14N2S. The Morgan fingerprint density at radius 2 is 2.18 bits per heavy atom. The van der Waals surface area contributed by atoms with Crippen molar-refractivity contribution in [2.75, 3.05) is 7.05 Å². The van der Waals surface area contributed by atoms with E-state index in [4.69, 9.17) is 5.84 Å². The average Bonchev–Trinajstić information content (AvgIpc) is 2.34. The third-order valence-corrected chi connectivity index (χ3v) is 2.95. The van der Waals surface area contributed by atoms with Gasteiger partial charge in [0.15, 0.2) is 0 Å². The lowest BCUT2D eigenvalue weighted by molar-refractivity contribution is 0.274. The topological polar surface area (TPSA) is 29.3 Å². The summed E-state index contributed by atoms with van der Waals surface area (Å²) in [7, 11) is 1.89. The molecule has 0 fully saturated rings.